The molecule has 1 aromatic carbocycles. The number of fused-ring (bicyclic) bond motifs is 1. The summed E-state index contributed by atoms with van der Waals surface area (Å²) in [5.41, 5.74) is 2.15. The summed E-state index contributed by atoms with van der Waals surface area (Å²) in [5, 5.41) is 3.47. The maximum atomic E-state index is 13.3. The van der Waals surface area contributed by atoms with Gasteiger partial charge in [-0.05, 0) is 61.5 Å². The second kappa shape index (κ2) is 5.49. The van der Waals surface area contributed by atoms with E-state index in [1.54, 1.807) is 6.07 Å². The van der Waals surface area contributed by atoms with Crippen molar-refractivity contribution in [1.29, 1.82) is 0 Å². The van der Waals surface area contributed by atoms with Gasteiger partial charge in [-0.1, -0.05) is 19.9 Å². The van der Waals surface area contributed by atoms with Crippen molar-refractivity contribution in [2.24, 2.45) is 0 Å². The Morgan fingerprint density at radius 1 is 1.40 bits per heavy atom. The highest BCUT2D eigenvalue weighted by Crippen LogP contribution is 2.41. The Bertz CT molecular complexity index is 482. The van der Waals surface area contributed by atoms with Gasteiger partial charge in [0, 0.05) is 11.7 Å². The summed E-state index contributed by atoms with van der Waals surface area (Å²) >= 11 is 0. The monoisotopic (exact) mass is 295 g/mol. The standard InChI is InChI=1S/C16H26FNOSi/c1-16(2,20(3,4)19)10-9-14-8-6-12-5-7-13(17)11-15(12)18-14/h5,7,11,14,18-19H,6,8-10H2,1-4H3. The summed E-state index contributed by atoms with van der Waals surface area (Å²) in [7, 11) is -2.14. The molecule has 4 heteroatoms. The van der Waals surface area contributed by atoms with Gasteiger partial charge in [0.15, 0.2) is 8.32 Å². The van der Waals surface area contributed by atoms with E-state index in [-0.39, 0.29) is 10.9 Å². The smallest absolute Gasteiger partial charge is 0.188 e. The lowest BCUT2D eigenvalue weighted by Gasteiger charge is -2.37. The summed E-state index contributed by atoms with van der Waals surface area (Å²) < 4.78 is 13.3. The van der Waals surface area contributed by atoms with Gasteiger partial charge in [0.05, 0.1) is 0 Å². The zero-order chi connectivity index (χ0) is 15.0. The number of halogens is 1. The fraction of sp³-hybridized carbons (Fsp3) is 0.625. The largest absolute Gasteiger partial charge is 0.432 e. The van der Waals surface area contributed by atoms with Crippen LogP contribution in [-0.4, -0.2) is 19.2 Å². The van der Waals surface area contributed by atoms with E-state index >= 15 is 0 Å². The average molecular weight is 295 g/mol. The zero-order valence-corrected chi connectivity index (χ0v) is 14.0. The highest BCUT2D eigenvalue weighted by molar-refractivity contribution is 6.72. The molecule has 0 saturated heterocycles. The number of benzene rings is 1. The molecule has 0 bridgehead atoms. The minimum atomic E-state index is -2.14. The molecule has 112 valence electrons. The third-order valence-corrected chi connectivity index (χ3v) is 8.53. The maximum Gasteiger partial charge on any atom is 0.188 e. The van der Waals surface area contributed by atoms with Crippen LogP contribution in [0, 0.1) is 5.82 Å². The summed E-state index contributed by atoms with van der Waals surface area (Å²) in [6.45, 7) is 8.34. The van der Waals surface area contributed by atoms with Gasteiger partial charge in [-0.2, -0.15) is 0 Å². The fourth-order valence-electron chi connectivity index (χ4n) is 2.58. The van der Waals surface area contributed by atoms with Crippen LogP contribution in [-0.2, 0) is 6.42 Å². The summed E-state index contributed by atoms with van der Waals surface area (Å²) in [4.78, 5) is 10.3. The van der Waals surface area contributed by atoms with Crippen LogP contribution < -0.4 is 5.32 Å². The normalized spacial score (nSPS) is 19.4. The second-order valence-corrected chi connectivity index (χ2v) is 11.6. The van der Waals surface area contributed by atoms with Crippen molar-refractivity contribution in [1.82, 2.24) is 0 Å². The maximum absolute atomic E-state index is 13.3. The highest BCUT2D eigenvalue weighted by Gasteiger charge is 2.38. The van der Waals surface area contributed by atoms with E-state index < -0.39 is 8.32 Å². The van der Waals surface area contributed by atoms with Crippen molar-refractivity contribution in [2.45, 2.75) is 63.7 Å². The fourth-order valence-corrected chi connectivity index (χ4v) is 3.34. The average Bonchev–Trinajstić information content (AvgIpc) is 2.34. The number of hydrogen-bond acceptors (Lipinski definition) is 2. The number of rotatable bonds is 4. The molecule has 0 aromatic heterocycles. The van der Waals surface area contributed by atoms with Gasteiger partial charge < -0.3 is 10.1 Å². The van der Waals surface area contributed by atoms with Crippen LogP contribution in [0.3, 0.4) is 0 Å². The predicted molar refractivity (Wildman–Crippen MR) is 85.1 cm³/mol. The summed E-state index contributed by atoms with van der Waals surface area (Å²) in [6, 6.07) is 5.39. The lowest BCUT2D eigenvalue weighted by molar-refractivity contribution is 0.424. The minimum Gasteiger partial charge on any atom is -0.432 e. The first-order valence-corrected chi connectivity index (χ1v) is 10.4. The molecule has 0 radical (unpaired) electrons. The van der Waals surface area contributed by atoms with Crippen molar-refractivity contribution in [2.75, 3.05) is 5.32 Å². The van der Waals surface area contributed by atoms with Gasteiger partial charge in [-0.25, -0.2) is 4.39 Å². The Morgan fingerprint density at radius 2 is 2.10 bits per heavy atom. The third kappa shape index (κ3) is 3.41. The van der Waals surface area contributed by atoms with Crippen LogP contribution >= 0.6 is 0 Å². The SMILES string of the molecule is CC(C)(CCC1CCc2ccc(F)cc2N1)[Si](C)(C)O. The zero-order valence-electron chi connectivity index (χ0n) is 13.0. The first-order valence-electron chi connectivity index (χ1n) is 7.46. The van der Waals surface area contributed by atoms with Crippen molar-refractivity contribution >= 4 is 14.0 Å². The minimum absolute atomic E-state index is 0.0108. The Hall–Kier alpha value is -0.873. The van der Waals surface area contributed by atoms with Gasteiger partial charge in [0.25, 0.3) is 0 Å². The number of anilines is 1. The molecule has 20 heavy (non-hydrogen) atoms. The summed E-state index contributed by atoms with van der Waals surface area (Å²) in [5.74, 6) is -0.180. The molecule has 0 spiro atoms. The number of hydrogen-bond donors (Lipinski definition) is 2. The Kier molecular flexibility index (Phi) is 4.26. The number of aryl methyl sites for hydroxylation is 1. The van der Waals surface area contributed by atoms with Crippen LogP contribution in [0.15, 0.2) is 18.2 Å². The molecule has 1 aliphatic rings. The Morgan fingerprint density at radius 3 is 2.75 bits per heavy atom. The molecule has 2 N–H and O–H groups in total. The van der Waals surface area contributed by atoms with Gasteiger partial charge in [0.1, 0.15) is 5.82 Å². The van der Waals surface area contributed by atoms with Gasteiger partial charge >= 0.3 is 0 Å². The molecule has 1 heterocycles. The van der Waals surface area contributed by atoms with E-state index in [1.165, 1.54) is 11.6 Å². The molecule has 1 atom stereocenters. The molecule has 2 nitrogen and oxygen atoms in total. The molecule has 0 fully saturated rings. The van der Waals surface area contributed by atoms with Gasteiger partial charge in [0.2, 0.25) is 0 Å². The molecule has 0 saturated carbocycles. The van der Waals surface area contributed by atoms with Crippen molar-refractivity contribution in [3.63, 3.8) is 0 Å². The highest BCUT2D eigenvalue weighted by atomic mass is 28.4. The molecule has 0 aliphatic carbocycles. The lowest BCUT2D eigenvalue weighted by Crippen LogP contribution is -2.40. The van der Waals surface area contributed by atoms with Crippen LogP contribution in [0.2, 0.25) is 18.1 Å². The molecule has 0 amide bonds. The Balaban J connectivity index is 1.97. The van der Waals surface area contributed by atoms with Crippen LogP contribution in [0.25, 0.3) is 0 Å². The lowest BCUT2D eigenvalue weighted by atomic mass is 9.93. The second-order valence-electron chi connectivity index (χ2n) is 7.16. The molecule has 1 aromatic rings. The quantitative estimate of drug-likeness (QED) is 0.811. The van der Waals surface area contributed by atoms with E-state index in [9.17, 15) is 9.19 Å². The van der Waals surface area contributed by atoms with Gasteiger partial charge in [-0.15, -0.1) is 0 Å². The van der Waals surface area contributed by atoms with Gasteiger partial charge in [-0.3, -0.25) is 0 Å². The molecule has 1 unspecified atom stereocenters. The van der Waals surface area contributed by atoms with E-state index in [4.69, 9.17) is 0 Å². The Labute approximate surface area is 122 Å². The summed E-state index contributed by atoms with van der Waals surface area (Å²) in [6.07, 6.45) is 4.13. The van der Waals surface area contributed by atoms with Crippen molar-refractivity contribution in [3.8, 4) is 0 Å². The first kappa shape index (κ1) is 15.5. The van der Waals surface area contributed by atoms with Crippen molar-refractivity contribution in [3.05, 3.63) is 29.6 Å². The third-order valence-electron chi connectivity index (χ3n) is 4.97. The molecular formula is C16H26FNOSi. The van der Waals surface area contributed by atoms with Crippen LogP contribution in [0.1, 0.15) is 38.7 Å². The van der Waals surface area contributed by atoms with Crippen molar-refractivity contribution < 1.29 is 9.19 Å². The van der Waals surface area contributed by atoms with E-state index in [1.807, 2.05) is 19.2 Å². The molecule has 1 aliphatic heterocycles. The topological polar surface area (TPSA) is 32.3 Å². The predicted octanol–water partition coefficient (Wildman–Crippen LogP) is 4.31. The van der Waals surface area contributed by atoms with E-state index in [0.29, 0.717) is 6.04 Å². The molecule has 2 rings (SSSR count). The molecular weight excluding hydrogens is 269 g/mol. The van der Waals surface area contributed by atoms with Crippen LogP contribution in [0.4, 0.5) is 10.1 Å². The number of nitrogens with one attached hydrogen (secondary N) is 1. The van der Waals surface area contributed by atoms with Crippen LogP contribution in [0.5, 0.6) is 0 Å². The van der Waals surface area contributed by atoms with E-state index in [2.05, 4.69) is 19.2 Å². The first-order chi connectivity index (χ1) is 9.19. The van der Waals surface area contributed by atoms with E-state index in [0.717, 1.165) is 31.4 Å².